The monoisotopic (exact) mass is 374 g/mol. The topological polar surface area (TPSA) is 84.4 Å². The largest absolute Gasteiger partial charge is 0.468 e. The molecule has 1 aromatic rings. The van der Waals surface area contributed by atoms with E-state index in [0.29, 0.717) is 6.54 Å². The van der Waals surface area contributed by atoms with Crippen molar-refractivity contribution in [1.29, 1.82) is 0 Å². The normalized spacial score (nSPS) is 13.2. The van der Waals surface area contributed by atoms with Gasteiger partial charge in [-0.15, -0.1) is 17.0 Å². The molecule has 0 unspecified atom stereocenters. The predicted molar refractivity (Wildman–Crippen MR) is 83.9 cm³/mol. The van der Waals surface area contributed by atoms with Crippen molar-refractivity contribution >= 4 is 46.0 Å². The molecule has 1 amide bonds. The highest BCUT2D eigenvalue weighted by Crippen LogP contribution is 2.19. The maximum Gasteiger partial charge on any atom is 0.325 e. The Kier molecular flexibility index (Phi) is 7.03. The highest BCUT2D eigenvalue weighted by atomic mass is 79.9. The molecule has 21 heavy (non-hydrogen) atoms. The van der Waals surface area contributed by atoms with Crippen LogP contribution in [-0.4, -0.2) is 52.9 Å². The van der Waals surface area contributed by atoms with Gasteiger partial charge in [0.05, 0.1) is 13.7 Å². The molecule has 0 fully saturated rings. The fourth-order valence-corrected chi connectivity index (χ4v) is 2.13. The first-order chi connectivity index (χ1) is 9.69. The number of aromatic nitrogens is 2. The molecule has 0 saturated heterocycles. The van der Waals surface area contributed by atoms with Crippen molar-refractivity contribution in [1.82, 2.24) is 19.6 Å². The van der Waals surface area contributed by atoms with E-state index in [0.717, 1.165) is 10.6 Å². The molecule has 7 nitrogen and oxygen atoms in total. The summed E-state index contributed by atoms with van der Waals surface area (Å²) in [6, 6.07) is 0. The third-order valence-electron chi connectivity index (χ3n) is 2.62. The lowest BCUT2D eigenvalue weighted by molar-refractivity contribution is -0.141. The van der Waals surface area contributed by atoms with Crippen LogP contribution in [0.5, 0.6) is 0 Å². The molecule has 114 valence electrons. The van der Waals surface area contributed by atoms with Gasteiger partial charge < -0.3 is 15.0 Å². The van der Waals surface area contributed by atoms with Crippen LogP contribution in [0.4, 0.5) is 0 Å². The van der Waals surface area contributed by atoms with E-state index in [1.54, 1.807) is 0 Å². The molecule has 1 aliphatic rings. The van der Waals surface area contributed by atoms with Crippen molar-refractivity contribution in [2.75, 3.05) is 26.7 Å². The molecular formula is C12H15BrN4O3S. The number of halogens is 1. The molecule has 2 rings (SSSR count). The van der Waals surface area contributed by atoms with Crippen LogP contribution < -0.4 is 5.32 Å². The molecule has 0 atom stereocenters. The summed E-state index contributed by atoms with van der Waals surface area (Å²) in [5.74, 6) is -0.696. The molecule has 2 heterocycles. The van der Waals surface area contributed by atoms with Gasteiger partial charge in [-0.05, 0) is 17.6 Å². The summed E-state index contributed by atoms with van der Waals surface area (Å²) < 4.78 is 8.39. The number of nitrogens with one attached hydrogen (secondary N) is 1. The minimum atomic E-state index is -0.467. The van der Waals surface area contributed by atoms with Crippen LogP contribution in [0.3, 0.4) is 0 Å². The predicted octanol–water partition coefficient (Wildman–Crippen LogP) is 0.618. The second-order valence-electron chi connectivity index (χ2n) is 4.00. The number of ether oxygens (including phenoxy) is 1. The minimum absolute atomic E-state index is 0. The number of methoxy groups -OCH3 is 1. The first-order valence-corrected chi connectivity index (χ1v) is 6.69. The fourth-order valence-electron chi connectivity index (χ4n) is 1.59. The second-order valence-corrected chi connectivity index (χ2v) is 4.78. The molecular weight excluding hydrogens is 360 g/mol. The minimum Gasteiger partial charge on any atom is -0.468 e. The van der Waals surface area contributed by atoms with Crippen LogP contribution in [-0.2, 0) is 14.3 Å². The summed E-state index contributed by atoms with van der Waals surface area (Å²) in [6.07, 6.45) is 7.21. The number of hydrogen-bond acceptors (Lipinski definition) is 7. The number of allylic oxidation sites excluding steroid dienone is 2. The van der Waals surface area contributed by atoms with E-state index in [1.165, 1.54) is 25.0 Å². The second kappa shape index (κ2) is 8.53. The highest BCUT2D eigenvalue weighted by Gasteiger charge is 2.12. The van der Waals surface area contributed by atoms with Crippen LogP contribution in [0.2, 0.25) is 0 Å². The van der Waals surface area contributed by atoms with Crippen molar-refractivity contribution in [3.05, 3.63) is 29.7 Å². The Morgan fingerprint density at radius 2 is 2.33 bits per heavy atom. The van der Waals surface area contributed by atoms with Crippen molar-refractivity contribution in [2.24, 2.45) is 0 Å². The number of carbonyl (C=O) groups excluding carboxylic acids is 2. The summed E-state index contributed by atoms with van der Waals surface area (Å²) in [5, 5.41) is 3.35. The molecule has 1 aromatic heterocycles. The molecule has 0 spiro atoms. The van der Waals surface area contributed by atoms with Gasteiger partial charge in [-0.2, -0.15) is 4.37 Å². The molecule has 1 N–H and O–H groups in total. The van der Waals surface area contributed by atoms with Crippen LogP contribution in [0.1, 0.15) is 5.01 Å². The zero-order valence-corrected chi connectivity index (χ0v) is 13.8. The molecule has 0 bridgehead atoms. The van der Waals surface area contributed by atoms with Crippen molar-refractivity contribution < 1.29 is 14.3 Å². The smallest absolute Gasteiger partial charge is 0.325 e. The molecule has 0 radical (unpaired) electrons. The van der Waals surface area contributed by atoms with Crippen LogP contribution in [0, 0.1) is 0 Å². The fraction of sp³-hybridized carbons (Fsp3) is 0.333. The maximum absolute atomic E-state index is 11.6. The third-order valence-corrected chi connectivity index (χ3v) is 3.34. The zero-order valence-electron chi connectivity index (χ0n) is 11.3. The average molecular weight is 375 g/mol. The lowest BCUT2D eigenvalue weighted by Gasteiger charge is -2.21. The Morgan fingerprint density at radius 1 is 1.52 bits per heavy atom. The molecule has 9 heteroatoms. The number of nitrogens with zero attached hydrogens (tertiary/aromatic N) is 3. The first kappa shape index (κ1) is 17.3. The molecule has 0 aromatic carbocycles. The maximum atomic E-state index is 11.6. The Hall–Kier alpha value is -1.74. The van der Waals surface area contributed by atoms with Crippen LogP contribution >= 0.6 is 28.5 Å². The van der Waals surface area contributed by atoms with E-state index in [-0.39, 0.29) is 36.0 Å². The quantitative estimate of drug-likeness (QED) is 0.760. The molecule has 1 aliphatic heterocycles. The van der Waals surface area contributed by atoms with E-state index in [1.807, 2.05) is 23.3 Å². The zero-order chi connectivity index (χ0) is 14.4. The summed E-state index contributed by atoms with van der Waals surface area (Å²) in [6.45, 7) is 0.684. The van der Waals surface area contributed by atoms with Gasteiger partial charge in [-0.3, -0.25) is 9.59 Å². The van der Waals surface area contributed by atoms with Crippen LogP contribution in [0.25, 0.3) is 5.57 Å². The van der Waals surface area contributed by atoms with Gasteiger partial charge >= 0.3 is 5.97 Å². The number of rotatable bonds is 5. The molecule has 0 aliphatic carbocycles. The van der Waals surface area contributed by atoms with Gasteiger partial charge in [0.1, 0.15) is 17.9 Å². The molecule has 0 saturated carbocycles. The van der Waals surface area contributed by atoms with E-state index >= 15 is 0 Å². The average Bonchev–Trinajstić information content (AvgIpc) is 2.99. The standard InChI is InChI=1S/C12H14N4O3S.BrH/c1-19-11(18)6-13-10(17)7-16-4-2-9(3-5-16)12-14-8-15-20-12;/h2-4,8H,5-7H2,1H3,(H,13,17);1H. The Bertz CT molecular complexity index is 545. The van der Waals surface area contributed by atoms with E-state index in [9.17, 15) is 9.59 Å². The lowest BCUT2D eigenvalue weighted by atomic mass is 10.2. The van der Waals surface area contributed by atoms with E-state index < -0.39 is 5.97 Å². The van der Waals surface area contributed by atoms with Gasteiger partial charge in [0, 0.05) is 18.3 Å². The first-order valence-electron chi connectivity index (χ1n) is 5.92. The summed E-state index contributed by atoms with van der Waals surface area (Å²) in [5.41, 5.74) is 0.999. The third kappa shape index (κ3) is 5.27. The Balaban J connectivity index is 0.00000220. The summed E-state index contributed by atoms with van der Waals surface area (Å²) in [7, 11) is 1.28. The summed E-state index contributed by atoms with van der Waals surface area (Å²) >= 11 is 1.33. The van der Waals surface area contributed by atoms with Gasteiger partial charge in [0.15, 0.2) is 0 Å². The number of amides is 1. The SMILES string of the molecule is Br.COC(=O)CNC(=O)CN1C=CC(c2ncns2)=CC1. The summed E-state index contributed by atoms with van der Waals surface area (Å²) in [4.78, 5) is 28.5. The van der Waals surface area contributed by atoms with E-state index in [4.69, 9.17) is 0 Å². The van der Waals surface area contributed by atoms with Gasteiger partial charge in [-0.1, -0.05) is 6.08 Å². The van der Waals surface area contributed by atoms with Gasteiger partial charge in [0.25, 0.3) is 0 Å². The number of hydrogen-bond donors (Lipinski definition) is 1. The Morgan fingerprint density at radius 3 is 2.90 bits per heavy atom. The van der Waals surface area contributed by atoms with Crippen molar-refractivity contribution in [3.63, 3.8) is 0 Å². The van der Waals surface area contributed by atoms with E-state index in [2.05, 4.69) is 19.4 Å². The van der Waals surface area contributed by atoms with Gasteiger partial charge in [-0.25, -0.2) is 4.98 Å². The highest BCUT2D eigenvalue weighted by molar-refractivity contribution is 8.93. The lowest BCUT2D eigenvalue weighted by Crippen LogP contribution is -2.38. The van der Waals surface area contributed by atoms with Crippen molar-refractivity contribution in [3.8, 4) is 0 Å². The van der Waals surface area contributed by atoms with Gasteiger partial charge in [0.2, 0.25) is 5.91 Å². The number of esters is 1. The van der Waals surface area contributed by atoms with Crippen LogP contribution in [0.15, 0.2) is 24.7 Å². The Labute approximate surface area is 136 Å². The van der Waals surface area contributed by atoms with Crippen molar-refractivity contribution in [2.45, 2.75) is 0 Å². The number of carbonyl (C=O) groups is 2.